The van der Waals surface area contributed by atoms with E-state index in [2.05, 4.69) is 28.4 Å². The first-order valence-electron chi connectivity index (χ1n) is 7.65. The summed E-state index contributed by atoms with van der Waals surface area (Å²) in [6.07, 6.45) is 5.23. The average Bonchev–Trinajstić information content (AvgIpc) is 3.05. The molecule has 0 aliphatic carbocycles. The van der Waals surface area contributed by atoms with Crippen molar-refractivity contribution in [1.29, 1.82) is 0 Å². The summed E-state index contributed by atoms with van der Waals surface area (Å²) in [6, 6.07) is 12.0. The molecular weight excluding hydrogens is 274 g/mol. The van der Waals surface area contributed by atoms with Crippen LogP contribution in [0, 0.1) is 0 Å². The summed E-state index contributed by atoms with van der Waals surface area (Å²) in [4.78, 5) is 7.86. The first-order valence-corrected chi connectivity index (χ1v) is 7.65. The Hall–Kier alpha value is -2.07. The van der Waals surface area contributed by atoms with Gasteiger partial charge in [0.15, 0.2) is 0 Å². The molecule has 1 aromatic carbocycles. The van der Waals surface area contributed by atoms with Crippen LogP contribution in [-0.4, -0.2) is 25.2 Å². The van der Waals surface area contributed by atoms with E-state index in [1.807, 2.05) is 55.7 Å². The quantitative estimate of drug-likeness (QED) is 0.757. The third-order valence-electron chi connectivity index (χ3n) is 4.10. The Morgan fingerprint density at radius 3 is 2.45 bits per heavy atom. The van der Waals surface area contributed by atoms with Gasteiger partial charge < -0.3 is 14.7 Å². The Kier molecular flexibility index (Phi) is 3.57. The lowest BCUT2D eigenvalue weighted by molar-refractivity contribution is 0.0166. The van der Waals surface area contributed by atoms with Gasteiger partial charge in [0.1, 0.15) is 5.82 Å². The van der Waals surface area contributed by atoms with Crippen LogP contribution in [0.15, 0.2) is 48.8 Å². The molecule has 0 aliphatic rings. The molecule has 4 heteroatoms. The Morgan fingerprint density at radius 2 is 1.77 bits per heavy atom. The minimum absolute atomic E-state index is 0.154. The smallest absolute Gasteiger partial charge is 0.110 e. The topological polar surface area (TPSA) is 53.8 Å². The zero-order valence-electron chi connectivity index (χ0n) is 13.4. The first kappa shape index (κ1) is 14.9. The molecule has 2 heterocycles. The molecule has 1 atom stereocenters. The van der Waals surface area contributed by atoms with Crippen LogP contribution in [0.4, 0.5) is 0 Å². The largest absolute Gasteiger partial charge is 0.390 e. The Labute approximate surface area is 130 Å². The molecule has 116 valence electrons. The Bertz CT molecular complexity index is 721. The lowest BCUT2D eigenvalue weighted by atomic mass is 9.85. The number of aromatic amines is 1. The summed E-state index contributed by atoms with van der Waals surface area (Å²) in [5.41, 5.74) is 0.969. The molecule has 22 heavy (non-hydrogen) atoms. The fourth-order valence-corrected chi connectivity index (χ4v) is 3.27. The highest BCUT2D eigenvalue weighted by Crippen LogP contribution is 2.29. The number of hydrogen-bond donors (Lipinski definition) is 2. The van der Waals surface area contributed by atoms with Gasteiger partial charge in [-0.15, -0.1) is 0 Å². The maximum atomic E-state index is 10.9. The molecular formula is C18H23N3O. The average molecular weight is 297 g/mol. The van der Waals surface area contributed by atoms with E-state index in [9.17, 15) is 5.11 Å². The first-order chi connectivity index (χ1) is 10.4. The summed E-state index contributed by atoms with van der Waals surface area (Å²) in [7, 11) is 0. The van der Waals surface area contributed by atoms with Crippen LogP contribution in [0.5, 0.6) is 0 Å². The highest BCUT2D eigenvalue weighted by Gasteiger charge is 2.32. The highest BCUT2D eigenvalue weighted by molar-refractivity contribution is 5.74. The van der Waals surface area contributed by atoms with Crippen LogP contribution in [0.1, 0.15) is 33.0 Å². The number of aromatic nitrogens is 3. The molecule has 0 saturated heterocycles. The lowest BCUT2D eigenvalue weighted by Crippen LogP contribution is -2.39. The van der Waals surface area contributed by atoms with E-state index >= 15 is 0 Å². The lowest BCUT2D eigenvalue weighted by Gasteiger charge is -2.35. The molecule has 0 spiro atoms. The van der Waals surface area contributed by atoms with E-state index in [-0.39, 0.29) is 5.54 Å². The second-order valence-electron chi connectivity index (χ2n) is 6.95. The van der Waals surface area contributed by atoms with Crippen molar-refractivity contribution in [3.63, 3.8) is 0 Å². The third-order valence-corrected chi connectivity index (χ3v) is 4.10. The van der Waals surface area contributed by atoms with Crippen molar-refractivity contribution in [3.05, 3.63) is 54.6 Å². The van der Waals surface area contributed by atoms with Gasteiger partial charge in [-0.3, -0.25) is 0 Å². The molecule has 0 saturated carbocycles. The fourth-order valence-electron chi connectivity index (χ4n) is 3.27. The number of para-hydroxylation sites is 2. The van der Waals surface area contributed by atoms with Gasteiger partial charge in [0, 0.05) is 24.4 Å². The number of fused-ring (bicyclic) bond motifs is 1. The van der Waals surface area contributed by atoms with Crippen molar-refractivity contribution in [3.8, 4) is 0 Å². The van der Waals surface area contributed by atoms with E-state index < -0.39 is 5.60 Å². The van der Waals surface area contributed by atoms with Crippen LogP contribution in [0.3, 0.4) is 0 Å². The summed E-state index contributed by atoms with van der Waals surface area (Å²) in [5.74, 6) is 0.828. The summed E-state index contributed by atoms with van der Waals surface area (Å²) >= 11 is 0. The minimum Gasteiger partial charge on any atom is -0.390 e. The molecule has 0 radical (unpaired) electrons. The van der Waals surface area contributed by atoms with E-state index in [0.29, 0.717) is 12.8 Å². The van der Waals surface area contributed by atoms with E-state index in [1.165, 1.54) is 0 Å². The van der Waals surface area contributed by atoms with E-state index in [1.54, 1.807) is 0 Å². The molecule has 2 aromatic heterocycles. The molecule has 2 N–H and O–H groups in total. The molecule has 3 rings (SSSR count). The third kappa shape index (κ3) is 3.07. The number of benzene rings is 1. The molecule has 0 bridgehead atoms. The van der Waals surface area contributed by atoms with Gasteiger partial charge in [0.05, 0.1) is 16.6 Å². The van der Waals surface area contributed by atoms with Crippen molar-refractivity contribution in [2.24, 2.45) is 0 Å². The molecule has 1 unspecified atom stereocenters. The van der Waals surface area contributed by atoms with Crippen LogP contribution in [0.2, 0.25) is 0 Å². The maximum Gasteiger partial charge on any atom is 0.110 e. The minimum atomic E-state index is -0.832. The highest BCUT2D eigenvalue weighted by atomic mass is 16.3. The molecule has 0 amide bonds. The number of aliphatic hydroxyl groups is 1. The van der Waals surface area contributed by atoms with Crippen LogP contribution in [0.25, 0.3) is 11.0 Å². The Balaban J connectivity index is 1.78. The Morgan fingerprint density at radius 1 is 1.09 bits per heavy atom. The predicted octanol–water partition coefficient (Wildman–Crippen LogP) is 3.48. The van der Waals surface area contributed by atoms with Crippen molar-refractivity contribution < 1.29 is 5.11 Å². The maximum absolute atomic E-state index is 10.9. The van der Waals surface area contributed by atoms with Crippen LogP contribution in [-0.2, 0) is 12.0 Å². The van der Waals surface area contributed by atoms with Gasteiger partial charge >= 0.3 is 0 Å². The zero-order valence-corrected chi connectivity index (χ0v) is 13.4. The van der Waals surface area contributed by atoms with E-state index in [0.717, 1.165) is 16.9 Å². The monoisotopic (exact) mass is 297 g/mol. The SMILES string of the molecule is CC(O)(Cc1nc2ccccc2[nH]1)CC(C)(C)n1cccc1. The van der Waals surface area contributed by atoms with Gasteiger partial charge in [-0.05, 0) is 51.5 Å². The molecule has 3 aromatic rings. The molecule has 4 nitrogen and oxygen atoms in total. The normalized spacial score (nSPS) is 15.1. The van der Waals surface area contributed by atoms with Gasteiger partial charge in [-0.1, -0.05) is 12.1 Å². The summed E-state index contributed by atoms with van der Waals surface area (Å²) in [5, 5.41) is 10.9. The number of rotatable bonds is 5. The van der Waals surface area contributed by atoms with Crippen LogP contribution >= 0.6 is 0 Å². The summed E-state index contributed by atoms with van der Waals surface area (Å²) < 4.78 is 2.14. The van der Waals surface area contributed by atoms with Crippen molar-refractivity contribution in [1.82, 2.24) is 14.5 Å². The second-order valence-corrected chi connectivity index (χ2v) is 6.95. The van der Waals surface area contributed by atoms with Gasteiger partial charge in [0.25, 0.3) is 0 Å². The van der Waals surface area contributed by atoms with Crippen molar-refractivity contribution in [2.75, 3.05) is 0 Å². The van der Waals surface area contributed by atoms with Crippen molar-refractivity contribution >= 4 is 11.0 Å². The number of nitrogens with one attached hydrogen (secondary N) is 1. The van der Waals surface area contributed by atoms with Gasteiger partial charge in [-0.2, -0.15) is 0 Å². The predicted molar refractivity (Wildman–Crippen MR) is 88.8 cm³/mol. The number of nitrogens with zero attached hydrogens (tertiary/aromatic N) is 2. The standard InChI is InChI=1S/C18H23N3O/c1-17(2,21-10-6-7-11-21)13-18(3,22)12-16-19-14-8-4-5-9-15(14)20-16/h4-11,22H,12-13H2,1-3H3,(H,19,20). The zero-order chi connectivity index (χ0) is 15.8. The second kappa shape index (κ2) is 5.29. The number of hydrogen-bond acceptors (Lipinski definition) is 2. The molecule has 0 fully saturated rings. The van der Waals surface area contributed by atoms with Gasteiger partial charge in [0.2, 0.25) is 0 Å². The number of H-pyrrole nitrogens is 1. The van der Waals surface area contributed by atoms with Crippen molar-refractivity contribution in [2.45, 2.75) is 44.8 Å². The van der Waals surface area contributed by atoms with Gasteiger partial charge in [-0.25, -0.2) is 4.98 Å². The summed E-state index contributed by atoms with van der Waals surface area (Å²) in [6.45, 7) is 6.16. The van der Waals surface area contributed by atoms with E-state index in [4.69, 9.17) is 0 Å². The molecule has 0 aliphatic heterocycles. The number of imidazole rings is 1. The van der Waals surface area contributed by atoms with Crippen LogP contribution < -0.4 is 0 Å². The fraction of sp³-hybridized carbons (Fsp3) is 0.389.